The minimum Gasteiger partial charge on any atom is -0.460 e. The Morgan fingerprint density at radius 1 is 1.32 bits per heavy atom. The van der Waals surface area contributed by atoms with Crippen LogP contribution in [0.5, 0.6) is 0 Å². The summed E-state index contributed by atoms with van der Waals surface area (Å²) >= 11 is 0. The molecule has 1 heterocycles. The van der Waals surface area contributed by atoms with Crippen LogP contribution in [0.2, 0.25) is 0 Å². The first-order chi connectivity index (χ1) is 8.78. The third-order valence-electron chi connectivity index (χ3n) is 2.58. The van der Waals surface area contributed by atoms with Gasteiger partial charge < -0.3 is 15.0 Å². The highest BCUT2D eigenvalue weighted by Gasteiger charge is 2.22. The molecule has 1 N–H and O–H groups in total. The molecule has 0 bridgehead atoms. The van der Waals surface area contributed by atoms with Gasteiger partial charge in [-0.3, -0.25) is 14.4 Å². The maximum absolute atomic E-state index is 11.9. The van der Waals surface area contributed by atoms with Crippen LogP contribution in [0.3, 0.4) is 0 Å². The van der Waals surface area contributed by atoms with Gasteiger partial charge in [0.25, 0.3) is 0 Å². The summed E-state index contributed by atoms with van der Waals surface area (Å²) in [5, 5.41) is 2.70. The number of ether oxygens (including phenoxy) is 1. The van der Waals surface area contributed by atoms with E-state index >= 15 is 0 Å². The van der Waals surface area contributed by atoms with Gasteiger partial charge in [0.2, 0.25) is 11.8 Å². The van der Waals surface area contributed by atoms with Gasteiger partial charge in [-0.15, -0.1) is 0 Å². The van der Waals surface area contributed by atoms with E-state index in [4.69, 9.17) is 4.74 Å². The molecule has 2 amide bonds. The monoisotopic (exact) mass is 270 g/mol. The first-order valence-corrected chi connectivity index (χ1v) is 6.54. The molecule has 0 spiro atoms. The smallest absolute Gasteiger partial charge is 0.306 e. The zero-order valence-electron chi connectivity index (χ0n) is 11.8. The summed E-state index contributed by atoms with van der Waals surface area (Å²) in [5.74, 6) is -0.717. The minimum atomic E-state index is -0.539. The van der Waals surface area contributed by atoms with Crippen molar-refractivity contribution in [2.75, 3.05) is 19.6 Å². The molecule has 6 nitrogen and oxygen atoms in total. The van der Waals surface area contributed by atoms with Crippen LogP contribution >= 0.6 is 0 Å². The first-order valence-electron chi connectivity index (χ1n) is 6.54. The summed E-state index contributed by atoms with van der Waals surface area (Å²) < 4.78 is 5.13. The van der Waals surface area contributed by atoms with E-state index in [2.05, 4.69) is 5.32 Å². The van der Waals surface area contributed by atoms with E-state index in [1.54, 1.807) is 20.8 Å². The molecular weight excluding hydrogens is 248 g/mol. The highest BCUT2D eigenvalue weighted by atomic mass is 16.6. The van der Waals surface area contributed by atoms with E-state index in [0.29, 0.717) is 13.1 Å². The zero-order valence-corrected chi connectivity index (χ0v) is 11.8. The molecule has 6 heteroatoms. The lowest BCUT2D eigenvalue weighted by molar-refractivity contribution is -0.156. The fourth-order valence-corrected chi connectivity index (χ4v) is 1.78. The van der Waals surface area contributed by atoms with E-state index in [1.165, 1.54) is 4.90 Å². The SMILES string of the molecule is CC(C)(C)OC(=O)CCC(=O)N1CCCNC(=O)C1. The Bertz CT molecular complexity index is 360. The summed E-state index contributed by atoms with van der Waals surface area (Å²) in [6, 6.07) is 0. The largest absolute Gasteiger partial charge is 0.460 e. The molecule has 0 aromatic heterocycles. The second-order valence-electron chi connectivity index (χ2n) is 5.61. The van der Waals surface area contributed by atoms with E-state index in [-0.39, 0.29) is 37.2 Å². The number of amides is 2. The van der Waals surface area contributed by atoms with Crippen molar-refractivity contribution < 1.29 is 19.1 Å². The first kappa shape index (κ1) is 15.5. The van der Waals surface area contributed by atoms with Crippen molar-refractivity contribution >= 4 is 17.8 Å². The second-order valence-corrected chi connectivity index (χ2v) is 5.61. The molecule has 0 unspecified atom stereocenters. The van der Waals surface area contributed by atoms with E-state index in [0.717, 1.165) is 6.42 Å². The number of hydrogen-bond acceptors (Lipinski definition) is 4. The van der Waals surface area contributed by atoms with Crippen molar-refractivity contribution in [3.63, 3.8) is 0 Å². The van der Waals surface area contributed by atoms with Crippen LogP contribution in [0.4, 0.5) is 0 Å². The van der Waals surface area contributed by atoms with Crippen LogP contribution in [-0.4, -0.2) is 47.9 Å². The van der Waals surface area contributed by atoms with Gasteiger partial charge in [-0.05, 0) is 27.2 Å². The molecule has 0 atom stereocenters. The molecule has 0 aromatic rings. The van der Waals surface area contributed by atoms with Crippen molar-refractivity contribution in [1.29, 1.82) is 0 Å². The minimum absolute atomic E-state index is 0.0498. The van der Waals surface area contributed by atoms with Crippen LogP contribution in [-0.2, 0) is 19.1 Å². The average Bonchev–Trinajstić information content (AvgIpc) is 2.48. The number of hydrogen-bond donors (Lipinski definition) is 1. The number of esters is 1. The van der Waals surface area contributed by atoms with E-state index in [9.17, 15) is 14.4 Å². The van der Waals surface area contributed by atoms with Crippen LogP contribution in [0.1, 0.15) is 40.0 Å². The third-order valence-corrected chi connectivity index (χ3v) is 2.58. The average molecular weight is 270 g/mol. The summed E-state index contributed by atoms with van der Waals surface area (Å²) in [5.41, 5.74) is -0.539. The highest BCUT2D eigenvalue weighted by Crippen LogP contribution is 2.10. The topological polar surface area (TPSA) is 75.7 Å². The Morgan fingerprint density at radius 3 is 2.63 bits per heavy atom. The van der Waals surface area contributed by atoms with Crippen molar-refractivity contribution in [2.45, 2.75) is 45.6 Å². The van der Waals surface area contributed by atoms with E-state index < -0.39 is 5.60 Å². The van der Waals surface area contributed by atoms with Gasteiger partial charge in [-0.25, -0.2) is 0 Å². The maximum atomic E-state index is 11.9. The zero-order chi connectivity index (χ0) is 14.5. The molecule has 0 aromatic carbocycles. The standard InChI is InChI=1S/C13H22N2O4/c1-13(2,3)19-12(18)6-5-11(17)15-8-4-7-14-10(16)9-15/h4-9H2,1-3H3,(H,14,16). The Balaban J connectivity index is 2.38. The molecule has 1 aliphatic rings. The number of nitrogens with zero attached hydrogens (tertiary/aromatic N) is 1. The maximum Gasteiger partial charge on any atom is 0.306 e. The lowest BCUT2D eigenvalue weighted by Gasteiger charge is -2.21. The van der Waals surface area contributed by atoms with Gasteiger partial charge in [0.15, 0.2) is 0 Å². The van der Waals surface area contributed by atoms with Crippen LogP contribution in [0.25, 0.3) is 0 Å². The Labute approximate surface area is 113 Å². The molecule has 108 valence electrons. The molecule has 0 radical (unpaired) electrons. The van der Waals surface area contributed by atoms with Crippen LogP contribution in [0, 0.1) is 0 Å². The molecule has 1 rings (SSSR count). The second kappa shape index (κ2) is 6.54. The Kier molecular flexibility index (Phi) is 5.32. The molecule has 19 heavy (non-hydrogen) atoms. The van der Waals surface area contributed by atoms with Crippen molar-refractivity contribution in [3.8, 4) is 0 Å². The lowest BCUT2D eigenvalue weighted by atomic mass is 10.2. The molecule has 1 saturated heterocycles. The van der Waals surface area contributed by atoms with Crippen molar-refractivity contribution in [2.24, 2.45) is 0 Å². The molecule has 0 aliphatic carbocycles. The molecule has 1 aliphatic heterocycles. The Hall–Kier alpha value is -1.59. The van der Waals surface area contributed by atoms with Gasteiger partial charge in [0, 0.05) is 19.5 Å². The summed E-state index contributed by atoms with van der Waals surface area (Å²) in [7, 11) is 0. The fourth-order valence-electron chi connectivity index (χ4n) is 1.78. The number of carbonyl (C=O) groups is 3. The van der Waals surface area contributed by atoms with Gasteiger partial charge in [0.05, 0.1) is 13.0 Å². The van der Waals surface area contributed by atoms with Crippen molar-refractivity contribution in [3.05, 3.63) is 0 Å². The van der Waals surface area contributed by atoms with Gasteiger partial charge in [-0.1, -0.05) is 0 Å². The van der Waals surface area contributed by atoms with Crippen molar-refractivity contribution in [1.82, 2.24) is 10.2 Å². The molecule has 1 fully saturated rings. The van der Waals surface area contributed by atoms with E-state index in [1.807, 2.05) is 0 Å². The predicted octanol–water partition coefficient (Wildman–Crippen LogP) is 0.457. The summed E-state index contributed by atoms with van der Waals surface area (Å²) in [6.07, 6.45) is 0.875. The van der Waals surface area contributed by atoms with Crippen LogP contribution in [0.15, 0.2) is 0 Å². The van der Waals surface area contributed by atoms with Gasteiger partial charge in [-0.2, -0.15) is 0 Å². The Morgan fingerprint density at radius 2 is 2.00 bits per heavy atom. The quantitative estimate of drug-likeness (QED) is 0.756. The lowest BCUT2D eigenvalue weighted by Crippen LogP contribution is -2.37. The fraction of sp³-hybridized carbons (Fsp3) is 0.769. The number of rotatable bonds is 3. The summed E-state index contributed by atoms with van der Waals surface area (Å²) in [4.78, 5) is 36.2. The summed E-state index contributed by atoms with van der Waals surface area (Å²) in [6.45, 7) is 6.57. The van der Waals surface area contributed by atoms with Gasteiger partial charge >= 0.3 is 5.97 Å². The highest BCUT2D eigenvalue weighted by molar-refractivity contribution is 5.86. The number of carbonyl (C=O) groups excluding carboxylic acids is 3. The van der Waals surface area contributed by atoms with Gasteiger partial charge in [0.1, 0.15) is 5.60 Å². The molecule has 0 saturated carbocycles. The third kappa shape index (κ3) is 6.22. The normalized spacial score (nSPS) is 16.6. The van der Waals surface area contributed by atoms with Crippen LogP contribution < -0.4 is 5.32 Å². The predicted molar refractivity (Wildman–Crippen MR) is 69.3 cm³/mol. The molecular formula is C13H22N2O4. The number of nitrogens with one attached hydrogen (secondary N) is 1.